The van der Waals surface area contributed by atoms with Gasteiger partial charge in [0.05, 0.1) is 0 Å². The maximum atomic E-state index is 12.9. The normalized spacial score (nSPS) is 21.2. The van der Waals surface area contributed by atoms with Crippen molar-refractivity contribution in [2.75, 3.05) is 72.0 Å². The molecule has 0 spiro atoms. The van der Waals surface area contributed by atoms with E-state index in [9.17, 15) is 14.4 Å². The number of carbonyl (C=O) groups excluding carboxylic acids is 3. The Morgan fingerprint density at radius 3 is 1.69 bits per heavy atom. The number of imide groups is 1. The molecule has 0 bridgehead atoms. The monoisotopic (exact) mass is 499 g/mol. The summed E-state index contributed by atoms with van der Waals surface area (Å²) < 4.78 is 5.56. The molecule has 4 fully saturated rings. The smallest absolute Gasteiger partial charge is 0.410 e. The van der Waals surface area contributed by atoms with Gasteiger partial charge in [0.15, 0.2) is 11.6 Å². The molecule has 196 valence electrons. The Hall–Kier alpha value is -3.11. The average Bonchev–Trinajstić information content (AvgIpc) is 3.61. The summed E-state index contributed by atoms with van der Waals surface area (Å²) in [6.45, 7) is 11.0. The number of carbonyl (C=O) groups is 3. The molecule has 0 radical (unpaired) electrons. The molecule has 5 rings (SSSR count). The van der Waals surface area contributed by atoms with Gasteiger partial charge in [0.25, 0.3) is 0 Å². The molecule has 4 aliphatic rings. The van der Waals surface area contributed by atoms with Crippen molar-refractivity contribution in [3.8, 4) is 0 Å². The van der Waals surface area contributed by atoms with E-state index in [0.717, 1.165) is 51.9 Å². The molecule has 0 aliphatic carbocycles. The summed E-state index contributed by atoms with van der Waals surface area (Å²) in [5.41, 5.74) is -0.0437. The molecule has 1 aromatic heterocycles. The van der Waals surface area contributed by atoms with Crippen LogP contribution in [0.5, 0.6) is 0 Å². The standard InChI is InChI=1S/C25H37N7O4/c1-25(2,3)36-24(35)31-16-14-29(15-17-31)22-20(32-18(33)8-9-19(32)34)21(28-10-4-5-11-28)26-23(27-22)30-12-6-7-13-30/h4-17H2,1-3H3. The first-order valence-electron chi connectivity index (χ1n) is 13.2. The maximum Gasteiger partial charge on any atom is 0.410 e. The van der Waals surface area contributed by atoms with Gasteiger partial charge in [0.2, 0.25) is 17.8 Å². The first kappa shape index (κ1) is 24.6. The molecule has 5 heterocycles. The van der Waals surface area contributed by atoms with Gasteiger partial charge in [-0.3, -0.25) is 9.59 Å². The van der Waals surface area contributed by atoms with Crippen molar-refractivity contribution in [1.29, 1.82) is 0 Å². The molecule has 0 atom stereocenters. The number of hydrogen-bond acceptors (Lipinski definition) is 9. The van der Waals surface area contributed by atoms with Crippen molar-refractivity contribution in [1.82, 2.24) is 14.9 Å². The van der Waals surface area contributed by atoms with E-state index in [-0.39, 0.29) is 30.7 Å². The van der Waals surface area contributed by atoms with Gasteiger partial charge in [-0.2, -0.15) is 9.97 Å². The van der Waals surface area contributed by atoms with Gasteiger partial charge in [-0.15, -0.1) is 0 Å². The zero-order chi connectivity index (χ0) is 25.4. The highest BCUT2D eigenvalue weighted by atomic mass is 16.6. The first-order chi connectivity index (χ1) is 17.2. The second-order valence-corrected chi connectivity index (χ2v) is 11.0. The van der Waals surface area contributed by atoms with Crippen LogP contribution in [0, 0.1) is 0 Å². The van der Waals surface area contributed by atoms with Crippen LogP contribution in [0.15, 0.2) is 0 Å². The molecule has 4 saturated heterocycles. The molecule has 3 amide bonds. The SMILES string of the molecule is CC(C)(C)OC(=O)N1CCN(c2nc(N3CCCC3)nc(N3CCCC3)c2N2C(=O)CCC2=O)CC1. The lowest BCUT2D eigenvalue weighted by Gasteiger charge is -2.38. The number of nitrogens with zero attached hydrogens (tertiary/aromatic N) is 7. The molecule has 11 nitrogen and oxygen atoms in total. The Morgan fingerprint density at radius 2 is 1.19 bits per heavy atom. The minimum atomic E-state index is -0.556. The van der Waals surface area contributed by atoms with Crippen molar-refractivity contribution in [3.63, 3.8) is 0 Å². The fourth-order valence-electron chi connectivity index (χ4n) is 5.30. The van der Waals surface area contributed by atoms with Crippen molar-refractivity contribution >= 4 is 41.2 Å². The van der Waals surface area contributed by atoms with Crippen molar-refractivity contribution < 1.29 is 19.1 Å². The van der Waals surface area contributed by atoms with E-state index in [1.54, 1.807) is 4.90 Å². The van der Waals surface area contributed by atoms with E-state index in [0.29, 0.717) is 49.5 Å². The molecule has 1 aromatic rings. The number of hydrogen-bond donors (Lipinski definition) is 0. The number of piperazine rings is 1. The van der Waals surface area contributed by atoms with E-state index in [4.69, 9.17) is 14.7 Å². The van der Waals surface area contributed by atoms with Crippen molar-refractivity contribution in [2.45, 2.75) is 64.9 Å². The molecule has 0 saturated carbocycles. The Balaban J connectivity index is 1.52. The third-order valence-electron chi connectivity index (χ3n) is 7.14. The quantitative estimate of drug-likeness (QED) is 0.578. The Kier molecular flexibility index (Phi) is 6.65. The van der Waals surface area contributed by atoms with E-state index in [2.05, 4.69) is 14.7 Å². The fourth-order valence-corrected chi connectivity index (χ4v) is 5.30. The van der Waals surface area contributed by atoms with Crippen LogP contribution in [0.25, 0.3) is 0 Å². The number of aromatic nitrogens is 2. The summed E-state index contributed by atoms with van der Waals surface area (Å²) in [6.07, 6.45) is 4.37. The minimum absolute atomic E-state index is 0.202. The minimum Gasteiger partial charge on any atom is -0.444 e. The highest BCUT2D eigenvalue weighted by Gasteiger charge is 2.39. The van der Waals surface area contributed by atoms with Crippen LogP contribution in [0.1, 0.15) is 59.3 Å². The van der Waals surface area contributed by atoms with Crippen molar-refractivity contribution in [2.24, 2.45) is 0 Å². The highest BCUT2D eigenvalue weighted by Crippen LogP contribution is 2.42. The number of anilines is 4. The number of amides is 3. The summed E-state index contributed by atoms with van der Waals surface area (Å²) in [7, 11) is 0. The zero-order valence-corrected chi connectivity index (χ0v) is 21.7. The Morgan fingerprint density at radius 1 is 0.722 bits per heavy atom. The van der Waals surface area contributed by atoms with Crippen LogP contribution < -0.4 is 19.6 Å². The molecule has 0 N–H and O–H groups in total. The third-order valence-corrected chi connectivity index (χ3v) is 7.14. The summed E-state index contributed by atoms with van der Waals surface area (Å²) in [6, 6.07) is 0. The van der Waals surface area contributed by atoms with Crippen molar-refractivity contribution in [3.05, 3.63) is 0 Å². The predicted molar refractivity (Wildman–Crippen MR) is 137 cm³/mol. The van der Waals surface area contributed by atoms with Crippen LogP contribution in [0.3, 0.4) is 0 Å². The Labute approximate surface area is 212 Å². The summed E-state index contributed by atoms with van der Waals surface area (Å²) in [4.78, 5) is 58.0. The molecule has 36 heavy (non-hydrogen) atoms. The topological polar surface area (TPSA) is 102 Å². The van der Waals surface area contributed by atoms with Crippen LogP contribution >= 0.6 is 0 Å². The molecule has 0 unspecified atom stereocenters. The molecule has 0 aromatic carbocycles. The van der Waals surface area contributed by atoms with Gasteiger partial charge in [-0.05, 0) is 46.5 Å². The highest BCUT2D eigenvalue weighted by molar-refractivity contribution is 6.22. The molecular formula is C25H37N7O4. The molecule has 11 heteroatoms. The van der Waals surface area contributed by atoms with Crippen LogP contribution in [0.2, 0.25) is 0 Å². The summed E-state index contributed by atoms with van der Waals surface area (Å²) in [5, 5.41) is 0. The zero-order valence-electron chi connectivity index (χ0n) is 21.7. The summed E-state index contributed by atoms with van der Waals surface area (Å²) in [5.74, 6) is 1.54. The van der Waals surface area contributed by atoms with Gasteiger partial charge >= 0.3 is 6.09 Å². The van der Waals surface area contributed by atoms with Gasteiger partial charge in [-0.1, -0.05) is 0 Å². The van der Waals surface area contributed by atoms with E-state index in [1.807, 2.05) is 20.8 Å². The van der Waals surface area contributed by atoms with Crippen LogP contribution in [0.4, 0.5) is 28.1 Å². The number of rotatable bonds is 4. The second-order valence-electron chi connectivity index (χ2n) is 11.0. The largest absolute Gasteiger partial charge is 0.444 e. The van der Waals surface area contributed by atoms with Gasteiger partial charge in [0, 0.05) is 65.2 Å². The van der Waals surface area contributed by atoms with E-state index < -0.39 is 5.60 Å². The average molecular weight is 500 g/mol. The maximum absolute atomic E-state index is 12.9. The fraction of sp³-hybridized carbons (Fsp3) is 0.720. The van der Waals surface area contributed by atoms with Gasteiger partial charge in [-0.25, -0.2) is 9.69 Å². The second kappa shape index (κ2) is 9.74. The van der Waals surface area contributed by atoms with Crippen LogP contribution in [-0.4, -0.2) is 90.7 Å². The van der Waals surface area contributed by atoms with E-state index >= 15 is 0 Å². The van der Waals surface area contributed by atoms with Gasteiger partial charge in [0.1, 0.15) is 11.3 Å². The summed E-state index contributed by atoms with van der Waals surface area (Å²) >= 11 is 0. The van der Waals surface area contributed by atoms with E-state index in [1.165, 1.54) is 4.90 Å². The first-order valence-corrected chi connectivity index (χ1v) is 13.2. The van der Waals surface area contributed by atoms with Crippen LogP contribution in [-0.2, 0) is 14.3 Å². The predicted octanol–water partition coefficient (Wildman–Crippen LogP) is 2.39. The lowest BCUT2D eigenvalue weighted by molar-refractivity contribution is -0.121. The third kappa shape index (κ3) is 4.92. The number of ether oxygens (including phenoxy) is 1. The molecular weight excluding hydrogens is 462 g/mol. The Bertz CT molecular complexity index is 1000. The lowest BCUT2D eigenvalue weighted by Crippen LogP contribution is -2.51. The lowest BCUT2D eigenvalue weighted by atomic mass is 10.2. The van der Waals surface area contributed by atoms with Gasteiger partial charge < -0.3 is 24.3 Å². The molecule has 4 aliphatic heterocycles.